The Hall–Kier alpha value is -2.38. The van der Waals surface area contributed by atoms with Crippen LogP contribution in [0.1, 0.15) is 18.4 Å². The third-order valence-corrected chi connectivity index (χ3v) is 5.01. The largest absolute Gasteiger partial charge is 0.454 e. The molecule has 0 spiro atoms. The van der Waals surface area contributed by atoms with Crippen molar-refractivity contribution in [3.63, 3.8) is 0 Å². The normalized spacial score (nSPS) is 24.9. The summed E-state index contributed by atoms with van der Waals surface area (Å²) < 4.78 is 16.1. The van der Waals surface area contributed by atoms with Crippen LogP contribution in [0.5, 0.6) is 11.5 Å². The highest BCUT2D eigenvalue weighted by Crippen LogP contribution is 2.35. The van der Waals surface area contributed by atoms with E-state index in [4.69, 9.17) is 14.2 Å². The predicted octanol–water partition coefficient (Wildman–Crippen LogP) is 1.24. The van der Waals surface area contributed by atoms with Gasteiger partial charge in [-0.25, -0.2) is 0 Å². The van der Waals surface area contributed by atoms with Crippen molar-refractivity contribution >= 4 is 11.8 Å². The van der Waals surface area contributed by atoms with Crippen LogP contribution in [-0.4, -0.2) is 47.9 Å². The van der Waals surface area contributed by atoms with E-state index in [1.54, 1.807) is 0 Å². The molecule has 3 aliphatic rings. The lowest BCUT2D eigenvalue weighted by Crippen LogP contribution is -2.39. The van der Waals surface area contributed by atoms with E-state index in [0.717, 1.165) is 5.56 Å². The number of fused-ring (bicyclic) bond motifs is 2. The van der Waals surface area contributed by atoms with Crippen LogP contribution in [0.2, 0.25) is 0 Å². The molecule has 26 heavy (non-hydrogen) atoms. The molecule has 4 rings (SSSR count). The molecule has 1 aromatic carbocycles. The molecular formula is C19H21NO6. The Kier molecular flexibility index (Phi) is 4.65. The van der Waals surface area contributed by atoms with Crippen molar-refractivity contribution in [1.82, 2.24) is 4.90 Å². The summed E-state index contributed by atoms with van der Waals surface area (Å²) in [7, 11) is 0. The number of hydrogen-bond donors (Lipinski definition) is 1. The highest BCUT2D eigenvalue weighted by atomic mass is 16.7. The molecule has 0 saturated carbocycles. The van der Waals surface area contributed by atoms with Gasteiger partial charge in [-0.3, -0.25) is 14.5 Å². The van der Waals surface area contributed by atoms with Crippen LogP contribution in [0, 0.1) is 11.8 Å². The average Bonchev–Trinajstić information content (AvgIpc) is 3.21. The van der Waals surface area contributed by atoms with Crippen molar-refractivity contribution in [2.24, 2.45) is 11.8 Å². The lowest BCUT2D eigenvalue weighted by Gasteiger charge is -2.19. The van der Waals surface area contributed by atoms with Gasteiger partial charge in [0, 0.05) is 0 Å². The third kappa shape index (κ3) is 3.20. The van der Waals surface area contributed by atoms with Gasteiger partial charge in [-0.2, -0.15) is 0 Å². The van der Waals surface area contributed by atoms with Gasteiger partial charge in [0.05, 0.1) is 37.7 Å². The SMILES string of the molecule is O=C1[C@H]2CC=CC[C@H]2C(=O)N1C[C@@H](O)COCc1ccc2c(c1)OCO2. The number of nitrogens with zero attached hydrogens (tertiary/aromatic N) is 1. The highest BCUT2D eigenvalue weighted by molar-refractivity contribution is 6.05. The first-order valence-electron chi connectivity index (χ1n) is 8.78. The van der Waals surface area contributed by atoms with Crippen molar-refractivity contribution in [3.05, 3.63) is 35.9 Å². The second-order valence-corrected chi connectivity index (χ2v) is 6.80. The van der Waals surface area contributed by atoms with Crippen molar-refractivity contribution in [1.29, 1.82) is 0 Å². The van der Waals surface area contributed by atoms with E-state index in [1.807, 2.05) is 30.4 Å². The number of ether oxygens (including phenoxy) is 3. The van der Waals surface area contributed by atoms with E-state index >= 15 is 0 Å². The molecule has 0 radical (unpaired) electrons. The first-order chi connectivity index (χ1) is 12.6. The van der Waals surface area contributed by atoms with Crippen molar-refractivity contribution < 1.29 is 28.9 Å². The molecule has 0 unspecified atom stereocenters. The minimum Gasteiger partial charge on any atom is -0.454 e. The Labute approximate surface area is 151 Å². The number of rotatable bonds is 6. The molecule has 1 N–H and O–H groups in total. The number of amides is 2. The average molecular weight is 359 g/mol. The summed E-state index contributed by atoms with van der Waals surface area (Å²) in [5.41, 5.74) is 0.895. The fraction of sp³-hybridized carbons (Fsp3) is 0.474. The summed E-state index contributed by atoms with van der Waals surface area (Å²) in [6, 6.07) is 5.51. The monoisotopic (exact) mass is 359 g/mol. The minimum absolute atomic E-state index is 0.0220. The Morgan fingerprint density at radius 2 is 1.81 bits per heavy atom. The number of β-amino-alcohol motifs (C(OH)–C–C–N with tert-alkyl or cyclic N) is 1. The Balaban J connectivity index is 1.27. The molecular weight excluding hydrogens is 338 g/mol. The molecule has 2 heterocycles. The summed E-state index contributed by atoms with van der Waals surface area (Å²) in [5, 5.41) is 10.2. The van der Waals surface area contributed by atoms with E-state index in [0.29, 0.717) is 30.9 Å². The van der Waals surface area contributed by atoms with Crippen LogP contribution in [0.3, 0.4) is 0 Å². The van der Waals surface area contributed by atoms with Crippen LogP contribution in [-0.2, 0) is 20.9 Å². The molecule has 0 bridgehead atoms. The number of carbonyl (C=O) groups excluding carboxylic acids is 2. The van der Waals surface area contributed by atoms with Crippen molar-refractivity contribution in [2.75, 3.05) is 19.9 Å². The predicted molar refractivity (Wildman–Crippen MR) is 90.3 cm³/mol. The molecule has 7 nitrogen and oxygen atoms in total. The van der Waals surface area contributed by atoms with Crippen molar-refractivity contribution in [2.45, 2.75) is 25.6 Å². The molecule has 3 atom stereocenters. The number of likely N-dealkylation sites (tertiary alicyclic amines) is 1. The van der Waals surface area contributed by atoms with Gasteiger partial charge in [0.2, 0.25) is 18.6 Å². The first-order valence-corrected chi connectivity index (χ1v) is 8.78. The van der Waals surface area contributed by atoms with Crippen LogP contribution in [0.4, 0.5) is 0 Å². The molecule has 0 aromatic heterocycles. The zero-order valence-corrected chi connectivity index (χ0v) is 14.3. The van der Waals surface area contributed by atoms with E-state index < -0.39 is 6.10 Å². The van der Waals surface area contributed by atoms with Gasteiger partial charge in [0.1, 0.15) is 0 Å². The maximum Gasteiger partial charge on any atom is 0.233 e. The maximum atomic E-state index is 12.4. The molecule has 2 aliphatic heterocycles. The van der Waals surface area contributed by atoms with E-state index in [1.165, 1.54) is 4.90 Å². The fourth-order valence-corrected chi connectivity index (χ4v) is 3.66. The molecule has 138 valence electrons. The minimum atomic E-state index is -0.912. The van der Waals surface area contributed by atoms with E-state index in [2.05, 4.69) is 0 Å². The van der Waals surface area contributed by atoms with Crippen molar-refractivity contribution in [3.8, 4) is 11.5 Å². The molecule has 1 fully saturated rings. The number of aliphatic hydroxyl groups excluding tert-OH is 1. The molecule has 1 saturated heterocycles. The lowest BCUT2D eigenvalue weighted by molar-refractivity contribution is -0.142. The third-order valence-electron chi connectivity index (χ3n) is 5.01. The van der Waals surface area contributed by atoms with Gasteiger partial charge in [-0.1, -0.05) is 18.2 Å². The zero-order valence-electron chi connectivity index (χ0n) is 14.3. The second-order valence-electron chi connectivity index (χ2n) is 6.80. The molecule has 7 heteroatoms. The molecule has 1 aromatic rings. The quantitative estimate of drug-likeness (QED) is 0.608. The fourth-order valence-electron chi connectivity index (χ4n) is 3.66. The molecule has 1 aliphatic carbocycles. The van der Waals surface area contributed by atoms with Gasteiger partial charge in [-0.05, 0) is 30.5 Å². The number of imide groups is 1. The lowest BCUT2D eigenvalue weighted by atomic mass is 9.85. The van der Waals surface area contributed by atoms with Gasteiger partial charge >= 0.3 is 0 Å². The smallest absolute Gasteiger partial charge is 0.233 e. The van der Waals surface area contributed by atoms with E-state index in [-0.39, 0.29) is 43.6 Å². The maximum absolute atomic E-state index is 12.4. The highest BCUT2D eigenvalue weighted by Gasteiger charge is 2.47. The van der Waals surface area contributed by atoms with Crippen LogP contribution in [0.15, 0.2) is 30.4 Å². The van der Waals surface area contributed by atoms with E-state index in [9.17, 15) is 14.7 Å². The summed E-state index contributed by atoms with van der Waals surface area (Å²) in [4.78, 5) is 26.0. The molecule has 2 amide bonds. The topological polar surface area (TPSA) is 85.3 Å². The summed E-state index contributed by atoms with van der Waals surface area (Å²) in [5.74, 6) is 0.480. The standard InChI is InChI=1S/C19H21NO6/c21-13(8-20-18(22)14-3-1-2-4-15(14)19(20)23)10-24-9-12-5-6-16-17(7-12)26-11-25-16/h1-2,5-7,13-15,21H,3-4,8-11H2/t13-,14-,15+/m1/s1. The summed E-state index contributed by atoms with van der Waals surface area (Å²) in [6.07, 6.45) is 4.18. The van der Waals surface area contributed by atoms with Gasteiger partial charge in [-0.15, -0.1) is 0 Å². The second kappa shape index (κ2) is 7.09. The summed E-state index contributed by atoms with van der Waals surface area (Å²) >= 11 is 0. The number of aliphatic hydroxyl groups is 1. The van der Waals surface area contributed by atoms with Crippen LogP contribution >= 0.6 is 0 Å². The zero-order chi connectivity index (χ0) is 18.1. The Morgan fingerprint density at radius 3 is 2.54 bits per heavy atom. The van der Waals surface area contributed by atoms with Gasteiger partial charge in [0.25, 0.3) is 0 Å². The summed E-state index contributed by atoms with van der Waals surface area (Å²) in [6.45, 7) is 0.531. The Morgan fingerprint density at radius 1 is 1.12 bits per heavy atom. The van der Waals surface area contributed by atoms with Crippen LogP contribution in [0.25, 0.3) is 0 Å². The number of carbonyl (C=O) groups is 2. The van der Waals surface area contributed by atoms with Gasteiger partial charge in [0.15, 0.2) is 11.5 Å². The number of allylic oxidation sites excluding steroid dienone is 2. The first kappa shape index (κ1) is 17.1. The number of benzene rings is 1. The Bertz CT molecular complexity index is 720. The van der Waals surface area contributed by atoms with Crippen LogP contribution < -0.4 is 9.47 Å². The number of hydrogen-bond acceptors (Lipinski definition) is 6. The van der Waals surface area contributed by atoms with Gasteiger partial charge < -0.3 is 19.3 Å².